The fraction of sp³-hybridized carbons (Fsp3) is 0.500. The van der Waals surface area contributed by atoms with E-state index in [-0.39, 0.29) is 5.56 Å². The molecule has 0 bridgehead atoms. The predicted octanol–water partition coefficient (Wildman–Crippen LogP) is 2.76. The van der Waals surface area contributed by atoms with Crippen LogP contribution in [0.1, 0.15) is 15.9 Å². The van der Waals surface area contributed by atoms with Crippen LogP contribution in [0.15, 0.2) is 22.7 Å². The maximum atomic E-state index is 13.1. The lowest BCUT2D eigenvalue weighted by Gasteiger charge is -2.20. The van der Waals surface area contributed by atoms with Crippen molar-refractivity contribution in [2.24, 2.45) is 11.8 Å². The Bertz CT molecular complexity index is 564. The molecule has 3 rings (SSSR count). The molecule has 2 fully saturated rings. The summed E-state index contributed by atoms with van der Waals surface area (Å²) in [6.07, 6.45) is -4.54. The molecule has 1 amide bonds. The molecule has 0 aromatic heterocycles. The first-order chi connectivity index (χ1) is 9.86. The van der Waals surface area contributed by atoms with Crippen LogP contribution in [0.5, 0.6) is 0 Å². The van der Waals surface area contributed by atoms with Gasteiger partial charge in [0.1, 0.15) is 0 Å². The van der Waals surface area contributed by atoms with E-state index in [0.717, 1.165) is 19.2 Å². The molecule has 2 heterocycles. The Balaban J connectivity index is 1.88. The molecule has 0 aliphatic carbocycles. The summed E-state index contributed by atoms with van der Waals surface area (Å²) in [5.74, 6) is 0.196. The summed E-state index contributed by atoms with van der Waals surface area (Å²) in [7, 11) is 0. The Kier molecular flexibility index (Phi) is 3.73. The van der Waals surface area contributed by atoms with Gasteiger partial charge in [-0.1, -0.05) is 15.9 Å². The molecule has 0 spiro atoms. The fourth-order valence-corrected chi connectivity index (χ4v) is 3.49. The molecule has 2 aliphatic rings. The molecule has 0 radical (unpaired) electrons. The van der Waals surface area contributed by atoms with E-state index in [1.54, 1.807) is 4.90 Å². The smallest absolute Gasteiger partial charge is 0.338 e. The van der Waals surface area contributed by atoms with Gasteiger partial charge in [-0.25, -0.2) is 0 Å². The van der Waals surface area contributed by atoms with Gasteiger partial charge in [-0.15, -0.1) is 0 Å². The molecule has 1 aromatic carbocycles. The summed E-state index contributed by atoms with van der Waals surface area (Å²) in [5, 5.41) is 3.24. The van der Waals surface area contributed by atoms with Gasteiger partial charge in [0.05, 0.1) is 11.1 Å². The number of hydrogen-bond donors (Lipinski definition) is 1. The van der Waals surface area contributed by atoms with Gasteiger partial charge in [0.15, 0.2) is 0 Å². The number of fused-ring (bicyclic) bond motifs is 1. The number of carbonyl (C=O) groups excluding carboxylic acids is 1. The molecule has 2 atom stereocenters. The van der Waals surface area contributed by atoms with Gasteiger partial charge in [0, 0.05) is 30.7 Å². The maximum Gasteiger partial charge on any atom is 0.417 e. The highest BCUT2D eigenvalue weighted by Crippen LogP contribution is 2.35. The van der Waals surface area contributed by atoms with E-state index in [2.05, 4.69) is 21.2 Å². The number of hydrogen-bond acceptors (Lipinski definition) is 2. The maximum absolute atomic E-state index is 13.1. The van der Waals surface area contributed by atoms with Crippen LogP contribution in [0.3, 0.4) is 0 Å². The van der Waals surface area contributed by atoms with Crippen molar-refractivity contribution in [1.29, 1.82) is 0 Å². The molecular weight excluding hydrogens is 349 g/mol. The molecule has 7 heteroatoms. The summed E-state index contributed by atoms with van der Waals surface area (Å²) in [6.45, 7) is 2.73. The van der Waals surface area contributed by atoms with Crippen molar-refractivity contribution in [2.45, 2.75) is 6.18 Å². The number of amides is 1. The van der Waals surface area contributed by atoms with Gasteiger partial charge < -0.3 is 10.2 Å². The summed E-state index contributed by atoms with van der Waals surface area (Å²) in [4.78, 5) is 14.0. The van der Waals surface area contributed by atoms with Crippen molar-refractivity contribution in [3.05, 3.63) is 33.8 Å². The zero-order valence-corrected chi connectivity index (χ0v) is 12.7. The summed E-state index contributed by atoms with van der Waals surface area (Å²) >= 11 is 3.03. The third-order valence-corrected chi connectivity index (χ3v) is 4.69. The highest BCUT2D eigenvalue weighted by molar-refractivity contribution is 9.10. The van der Waals surface area contributed by atoms with Crippen LogP contribution in [-0.4, -0.2) is 37.0 Å². The standard InChI is InChI=1S/C14H14BrF3N2O/c15-10-1-2-11(12(3-10)14(16,17)18)13(21)20-6-8-4-19-5-9(8)7-20/h1-3,8-9,19H,4-7H2. The van der Waals surface area contributed by atoms with Crippen LogP contribution in [0, 0.1) is 11.8 Å². The largest absolute Gasteiger partial charge is 0.417 e. The number of nitrogens with one attached hydrogen (secondary N) is 1. The normalized spacial score (nSPS) is 25.2. The molecule has 2 saturated heterocycles. The Morgan fingerprint density at radius 2 is 1.86 bits per heavy atom. The van der Waals surface area contributed by atoms with Crippen molar-refractivity contribution in [1.82, 2.24) is 10.2 Å². The van der Waals surface area contributed by atoms with Gasteiger partial charge in [0.25, 0.3) is 5.91 Å². The average molecular weight is 363 g/mol. The number of halogens is 4. The third kappa shape index (κ3) is 2.81. The minimum atomic E-state index is -4.54. The van der Waals surface area contributed by atoms with Crippen molar-refractivity contribution in [3.63, 3.8) is 0 Å². The lowest BCUT2D eigenvalue weighted by atomic mass is 10.0. The van der Waals surface area contributed by atoms with E-state index in [1.165, 1.54) is 12.1 Å². The minimum absolute atomic E-state index is 0.265. The Morgan fingerprint density at radius 3 is 2.43 bits per heavy atom. The highest BCUT2D eigenvalue weighted by Gasteiger charge is 2.41. The lowest BCUT2D eigenvalue weighted by Crippen LogP contribution is -2.33. The molecule has 1 N–H and O–H groups in total. The molecule has 2 unspecified atom stereocenters. The van der Waals surface area contributed by atoms with Crippen LogP contribution in [-0.2, 0) is 6.18 Å². The zero-order valence-electron chi connectivity index (χ0n) is 11.1. The average Bonchev–Trinajstić information content (AvgIpc) is 2.97. The monoisotopic (exact) mass is 362 g/mol. The second-order valence-corrected chi connectivity index (χ2v) is 6.49. The molecule has 3 nitrogen and oxygen atoms in total. The van der Waals surface area contributed by atoms with Crippen molar-refractivity contribution in [2.75, 3.05) is 26.2 Å². The third-order valence-electron chi connectivity index (χ3n) is 4.19. The Morgan fingerprint density at radius 1 is 1.24 bits per heavy atom. The topological polar surface area (TPSA) is 32.3 Å². The predicted molar refractivity (Wildman–Crippen MR) is 74.9 cm³/mol. The van der Waals surface area contributed by atoms with Crippen LogP contribution in [0.4, 0.5) is 13.2 Å². The van der Waals surface area contributed by atoms with Crippen LogP contribution in [0.2, 0.25) is 0 Å². The van der Waals surface area contributed by atoms with E-state index < -0.39 is 17.6 Å². The summed E-state index contributed by atoms with van der Waals surface area (Å²) in [6, 6.07) is 3.69. The first-order valence-electron chi connectivity index (χ1n) is 6.73. The number of rotatable bonds is 1. The number of carbonyl (C=O) groups is 1. The van der Waals surface area contributed by atoms with E-state index >= 15 is 0 Å². The van der Waals surface area contributed by atoms with Crippen molar-refractivity contribution in [3.8, 4) is 0 Å². The van der Waals surface area contributed by atoms with Crippen molar-refractivity contribution < 1.29 is 18.0 Å². The van der Waals surface area contributed by atoms with Crippen molar-refractivity contribution >= 4 is 21.8 Å². The summed E-state index contributed by atoms with van der Waals surface area (Å²) in [5.41, 5.74) is -1.14. The second kappa shape index (κ2) is 5.28. The van der Waals surface area contributed by atoms with Gasteiger partial charge in [0.2, 0.25) is 0 Å². The Hall–Kier alpha value is -1.08. The molecular formula is C14H14BrF3N2O. The van der Waals surface area contributed by atoms with Gasteiger partial charge in [-0.05, 0) is 30.0 Å². The van der Waals surface area contributed by atoms with Gasteiger partial charge in [-0.2, -0.15) is 13.2 Å². The van der Waals surface area contributed by atoms with E-state index in [9.17, 15) is 18.0 Å². The first kappa shape index (κ1) is 14.8. The fourth-order valence-electron chi connectivity index (χ4n) is 3.13. The van der Waals surface area contributed by atoms with Gasteiger partial charge >= 0.3 is 6.18 Å². The SMILES string of the molecule is O=C(c1ccc(Br)cc1C(F)(F)F)N1CC2CNCC2C1. The zero-order chi connectivity index (χ0) is 15.2. The molecule has 2 aliphatic heterocycles. The summed E-state index contributed by atoms with van der Waals surface area (Å²) < 4.78 is 39.6. The highest BCUT2D eigenvalue weighted by atomic mass is 79.9. The van der Waals surface area contributed by atoms with Crippen LogP contribution in [0.25, 0.3) is 0 Å². The van der Waals surface area contributed by atoms with Crippen LogP contribution < -0.4 is 5.32 Å². The quantitative estimate of drug-likeness (QED) is 0.832. The molecule has 0 saturated carbocycles. The van der Waals surface area contributed by atoms with E-state index in [0.29, 0.717) is 29.4 Å². The Labute approximate surface area is 128 Å². The van der Waals surface area contributed by atoms with E-state index in [4.69, 9.17) is 0 Å². The van der Waals surface area contributed by atoms with Crippen LogP contribution >= 0.6 is 15.9 Å². The lowest BCUT2D eigenvalue weighted by molar-refractivity contribution is -0.138. The first-order valence-corrected chi connectivity index (χ1v) is 7.52. The number of alkyl halides is 3. The number of nitrogens with zero attached hydrogens (tertiary/aromatic N) is 1. The minimum Gasteiger partial charge on any atom is -0.338 e. The molecule has 21 heavy (non-hydrogen) atoms. The van der Waals surface area contributed by atoms with Gasteiger partial charge in [-0.3, -0.25) is 4.79 Å². The number of benzene rings is 1. The molecule has 114 valence electrons. The van der Waals surface area contributed by atoms with E-state index in [1.807, 2.05) is 0 Å². The molecule has 1 aromatic rings. The second-order valence-electron chi connectivity index (χ2n) is 5.58. The number of likely N-dealkylation sites (tertiary alicyclic amines) is 1.